The minimum absolute atomic E-state index is 0.328. The Balaban J connectivity index is 2.50. The molecule has 0 aliphatic carbocycles. The number of fused-ring (bicyclic) bond motifs is 1. The normalized spacial score (nSPS) is 14.4. The molecule has 11 heavy (non-hydrogen) atoms. The number of carbonyl (C=O) groups excluding carboxylic acids is 1. The molecule has 0 atom stereocenters. The average Bonchev–Trinajstić information content (AvgIpc) is 2.41. The summed E-state index contributed by atoms with van der Waals surface area (Å²) in [6.07, 6.45) is 1.56. The number of aliphatic imine (C=N–C) groups is 1. The van der Waals surface area contributed by atoms with Crippen molar-refractivity contribution in [1.82, 2.24) is 10.2 Å². The predicted molar refractivity (Wildman–Crippen MR) is 38.0 cm³/mol. The zero-order valence-electron chi connectivity index (χ0n) is 5.66. The van der Waals surface area contributed by atoms with Gasteiger partial charge >= 0.3 is 0 Å². The van der Waals surface area contributed by atoms with Crippen LogP contribution in [-0.4, -0.2) is 21.8 Å². The van der Waals surface area contributed by atoms with Crippen LogP contribution in [0.1, 0.15) is 11.3 Å². The van der Waals surface area contributed by atoms with Crippen molar-refractivity contribution in [1.29, 1.82) is 0 Å². The van der Waals surface area contributed by atoms with Crippen molar-refractivity contribution in [2.24, 2.45) is 10.7 Å². The van der Waals surface area contributed by atoms with Crippen LogP contribution in [0.15, 0.2) is 11.2 Å². The van der Waals surface area contributed by atoms with Crippen molar-refractivity contribution in [2.75, 3.05) is 0 Å². The number of H-pyrrole nitrogens is 1. The van der Waals surface area contributed by atoms with Crippen molar-refractivity contribution >= 4 is 11.6 Å². The van der Waals surface area contributed by atoms with Crippen LogP contribution < -0.4 is 5.73 Å². The zero-order chi connectivity index (χ0) is 7.84. The molecule has 5 heteroatoms. The number of hydrogen-bond acceptors (Lipinski definition) is 3. The number of nitrogens with zero attached hydrogens (tertiary/aromatic N) is 2. The topological polar surface area (TPSA) is 84.1 Å². The summed E-state index contributed by atoms with van der Waals surface area (Å²) < 4.78 is 0. The molecule has 5 nitrogen and oxygen atoms in total. The maximum atomic E-state index is 10.7. The van der Waals surface area contributed by atoms with Gasteiger partial charge in [0.15, 0.2) is 0 Å². The molecule has 0 bridgehead atoms. The van der Waals surface area contributed by atoms with E-state index >= 15 is 0 Å². The molecular formula is C6H6N4O. The summed E-state index contributed by atoms with van der Waals surface area (Å²) in [5.41, 5.74) is 6.98. The molecule has 1 aliphatic heterocycles. The SMILES string of the molecule is NC(=O)C1=NCc2[nH]ncc21. The van der Waals surface area contributed by atoms with Crippen LogP contribution in [0.4, 0.5) is 0 Å². The van der Waals surface area contributed by atoms with Gasteiger partial charge in [-0.3, -0.25) is 14.9 Å². The monoisotopic (exact) mass is 150 g/mol. The number of aromatic amines is 1. The van der Waals surface area contributed by atoms with Crippen molar-refractivity contribution in [2.45, 2.75) is 6.54 Å². The molecule has 0 saturated carbocycles. The number of carbonyl (C=O) groups is 1. The number of nitrogens with two attached hydrogens (primary N) is 1. The number of nitrogens with one attached hydrogen (secondary N) is 1. The van der Waals surface area contributed by atoms with E-state index in [0.717, 1.165) is 11.3 Å². The summed E-state index contributed by atoms with van der Waals surface area (Å²) in [5, 5.41) is 6.49. The van der Waals surface area contributed by atoms with E-state index in [9.17, 15) is 4.79 Å². The van der Waals surface area contributed by atoms with Crippen LogP contribution in [0.2, 0.25) is 0 Å². The van der Waals surface area contributed by atoms with Crippen molar-refractivity contribution in [3.8, 4) is 0 Å². The number of rotatable bonds is 1. The molecule has 0 fully saturated rings. The minimum Gasteiger partial charge on any atom is -0.364 e. The smallest absolute Gasteiger partial charge is 0.267 e. The Hall–Kier alpha value is -1.65. The highest BCUT2D eigenvalue weighted by Crippen LogP contribution is 2.14. The van der Waals surface area contributed by atoms with E-state index < -0.39 is 5.91 Å². The van der Waals surface area contributed by atoms with Crippen molar-refractivity contribution < 1.29 is 4.79 Å². The van der Waals surface area contributed by atoms with Crippen LogP contribution in [0.25, 0.3) is 0 Å². The summed E-state index contributed by atoms with van der Waals surface area (Å²) >= 11 is 0. The van der Waals surface area contributed by atoms with Crippen LogP contribution in [-0.2, 0) is 11.3 Å². The summed E-state index contributed by atoms with van der Waals surface area (Å²) in [5.74, 6) is -0.495. The Bertz CT molecular complexity index is 338. The Morgan fingerprint density at radius 2 is 2.55 bits per heavy atom. The first-order valence-corrected chi connectivity index (χ1v) is 3.16. The fourth-order valence-electron chi connectivity index (χ4n) is 1.09. The molecule has 1 amide bonds. The molecule has 1 aliphatic rings. The summed E-state index contributed by atoms with van der Waals surface area (Å²) in [6.45, 7) is 0.480. The maximum absolute atomic E-state index is 10.7. The van der Waals surface area contributed by atoms with Crippen molar-refractivity contribution in [3.63, 3.8) is 0 Å². The number of primary amides is 1. The Labute approximate surface area is 62.3 Å². The van der Waals surface area contributed by atoms with Gasteiger partial charge in [0, 0.05) is 5.56 Å². The number of hydrogen-bond donors (Lipinski definition) is 2. The van der Waals surface area contributed by atoms with Gasteiger partial charge in [-0.2, -0.15) is 5.10 Å². The molecule has 0 unspecified atom stereocenters. The number of amides is 1. The third-order valence-corrected chi connectivity index (χ3v) is 1.60. The van der Waals surface area contributed by atoms with Gasteiger partial charge < -0.3 is 5.73 Å². The van der Waals surface area contributed by atoms with Gasteiger partial charge in [0.1, 0.15) is 5.71 Å². The second kappa shape index (κ2) is 1.91. The van der Waals surface area contributed by atoms with Crippen LogP contribution in [0.5, 0.6) is 0 Å². The fraction of sp³-hybridized carbons (Fsp3) is 0.167. The first kappa shape index (κ1) is 6.09. The molecule has 2 rings (SSSR count). The lowest BCUT2D eigenvalue weighted by molar-refractivity contribution is -0.111. The van der Waals surface area contributed by atoms with Gasteiger partial charge in [0.25, 0.3) is 5.91 Å². The fourth-order valence-corrected chi connectivity index (χ4v) is 1.09. The maximum Gasteiger partial charge on any atom is 0.267 e. The molecule has 1 aromatic rings. The van der Waals surface area contributed by atoms with Gasteiger partial charge in [-0.15, -0.1) is 0 Å². The number of aromatic nitrogens is 2. The van der Waals surface area contributed by atoms with Crippen LogP contribution >= 0.6 is 0 Å². The largest absolute Gasteiger partial charge is 0.364 e. The van der Waals surface area contributed by atoms with E-state index in [4.69, 9.17) is 5.73 Å². The molecule has 56 valence electrons. The molecule has 2 heterocycles. The lowest BCUT2D eigenvalue weighted by Gasteiger charge is -1.89. The summed E-state index contributed by atoms with van der Waals surface area (Å²) in [6, 6.07) is 0. The van der Waals surface area contributed by atoms with E-state index in [-0.39, 0.29) is 0 Å². The van der Waals surface area contributed by atoms with E-state index in [2.05, 4.69) is 15.2 Å². The average molecular weight is 150 g/mol. The minimum atomic E-state index is -0.495. The molecule has 0 saturated heterocycles. The van der Waals surface area contributed by atoms with E-state index in [1.165, 1.54) is 0 Å². The van der Waals surface area contributed by atoms with Gasteiger partial charge in [-0.25, -0.2) is 0 Å². The molecule has 0 radical (unpaired) electrons. The van der Waals surface area contributed by atoms with Crippen LogP contribution in [0, 0.1) is 0 Å². The first-order chi connectivity index (χ1) is 5.29. The Morgan fingerprint density at radius 3 is 3.27 bits per heavy atom. The highest BCUT2D eigenvalue weighted by atomic mass is 16.1. The standard InChI is InChI=1S/C6H6N4O/c7-6(11)5-3-1-9-10-4(3)2-8-5/h1H,2H2,(H2,7,11)(H,9,10). The summed E-state index contributed by atoms with van der Waals surface area (Å²) in [4.78, 5) is 14.6. The van der Waals surface area contributed by atoms with E-state index in [0.29, 0.717) is 12.3 Å². The Kier molecular flexibility index (Phi) is 1.06. The second-order valence-electron chi connectivity index (χ2n) is 2.29. The third kappa shape index (κ3) is 0.739. The zero-order valence-corrected chi connectivity index (χ0v) is 5.66. The molecule has 0 aromatic carbocycles. The summed E-state index contributed by atoms with van der Waals surface area (Å²) in [7, 11) is 0. The van der Waals surface area contributed by atoms with Gasteiger partial charge in [-0.1, -0.05) is 0 Å². The highest BCUT2D eigenvalue weighted by Gasteiger charge is 2.21. The lowest BCUT2D eigenvalue weighted by atomic mass is 10.2. The third-order valence-electron chi connectivity index (χ3n) is 1.60. The van der Waals surface area contributed by atoms with E-state index in [1.54, 1.807) is 6.20 Å². The lowest BCUT2D eigenvalue weighted by Crippen LogP contribution is -2.22. The predicted octanol–water partition coefficient (Wildman–Crippen LogP) is -0.802. The van der Waals surface area contributed by atoms with Crippen molar-refractivity contribution in [3.05, 3.63) is 17.5 Å². The molecule has 3 N–H and O–H groups in total. The molecule has 1 aromatic heterocycles. The first-order valence-electron chi connectivity index (χ1n) is 3.16. The van der Waals surface area contributed by atoms with Gasteiger partial charge in [0.2, 0.25) is 0 Å². The van der Waals surface area contributed by atoms with Crippen LogP contribution in [0.3, 0.4) is 0 Å². The quantitative estimate of drug-likeness (QED) is 0.549. The van der Waals surface area contributed by atoms with Gasteiger partial charge in [0.05, 0.1) is 18.4 Å². The highest BCUT2D eigenvalue weighted by molar-refractivity contribution is 6.45. The molecular weight excluding hydrogens is 144 g/mol. The molecule has 0 spiro atoms. The second-order valence-corrected chi connectivity index (χ2v) is 2.29. The Morgan fingerprint density at radius 1 is 1.73 bits per heavy atom. The van der Waals surface area contributed by atoms with E-state index in [1.807, 2.05) is 0 Å². The van der Waals surface area contributed by atoms with Gasteiger partial charge in [-0.05, 0) is 0 Å².